The summed E-state index contributed by atoms with van der Waals surface area (Å²) >= 11 is 3.66. The summed E-state index contributed by atoms with van der Waals surface area (Å²) in [6.45, 7) is 2.10. The Bertz CT molecular complexity index is 526. The lowest BCUT2D eigenvalue weighted by Crippen LogP contribution is -1.98. The van der Waals surface area contributed by atoms with Crippen LogP contribution in [0.15, 0.2) is 28.9 Å². The quantitative estimate of drug-likeness (QED) is 0.780. The number of aromatic nitrogens is 2. The van der Waals surface area contributed by atoms with Crippen LogP contribution in [0, 0.1) is 6.92 Å². The molecule has 0 amide bonds. The second-order valence-electron chi connectivity index (χ2n) is 4.32. The Labute approximate surface area is 103 Å². The number of benzene rings is 1. The molecule has 0 radical (unpaired) electrons. The summed E-state index contributed by atoms with van der Waals surface area (Å²) in [7, 11) is 0. The average molecular weight is 277 g/mol. The zero-order valence-corrected chi connectivity index (χ0v) is 10.8. The number of rotatable bonds is 1. The molecular weight excluding hydrogens is 264 g/mol. The van der Waals surface area contributed by atoms with Gasteiger partial charge in [-0.1, -0.05) is 17.7 Å². The van der Waals surface area contributed by atoms with Crippen LogP contribution in [0.2, 0.25) is 0 Å². The van der Waals surface area contributed by atoms with Crippen LogP contribution in [0.4, 0.5) is 0 Å². The van der Waals surface area contributed by atoms with Gasteiger partial charge < -0.3 is 0 Å². The fourth-order valence-electron chi connectivity index (χ4n) is 2.21. The summed E-state index contributed by atoms with van der Waals surface area (Å²) in [6.07, 6.45) is 3.51. The molecule has 0 aliphatic heterocycles. The fourth-order valence-corrected chi connectivity index (χ4v) is 2.92. The maximum atomic E-state index is 4.66. The Kier molecular flexibility index (Phi) is 2.36. The van der Waals surface area contributed by atoms with E-state index in [4.69, 9.17) is 0 Å². The van der Waals surface area contributed by atoms with Gasteiger partial charge in [0.25, 0.3) is 0 Å². The molecule has 0 saturated carbocycles. The SMILES string of the molecule is Cc1ccc(-n2nc3c(c2Br)CCC3)cc1. The largest absolute Gasteiger partial charge is 0.226 e. The first-order valence-corrected chi connectivity index (χ1v) is 6.38. The number of fused-ring (bicyclic) bond motifs is 1. The van der Waals surface area contributed by atoms with Crippen LogP contribution in [-0.4, -0.2) is 9.78 Å². The van der Waals surface area contributed by atoms with E-state index in [1.165, 1.54) is 23.2 Å². The monoisotopic (exact) mass is 276 g/mol. The molecule has 16 heavy (non-hydrogen) atoms. The molecule has 0 bridgehead atoms. The van der Waals surface area contributed by atoms with Crippen molar-refractivity contribution in [3.05, 3.63) is 45.7 Å². The summed E-state index contributed by atoms with van der Waals surface area (Å²) < 4.78 is 3.13. The predicted molar refractivity (Wildman–Crippen MR) is 68.0 cm³/mol. The van der Waals surface area contributed by atoms with Crippen molar-refractivity contribution in [1.82, 2.24) is 9.78 Å². The average Bonchev–Trinajstić information content (AvgIpc) is 2.84. The standard InChI is InChI=1S/C13H13BrN2/c1-9-5-7-10(8-6-9)16-13(14)11-3-2-4-12(11)15-16/h5-8H,2-4H2,1H3. The van der Waals surface area contributed by atoms with E-state index in [1.54, 1.807) is 0 Å². The van der Waals surface area contributed by atoms with E-state index >= 15 is 0 Å². The first-order chi connectivity index (χ1) is 7.75. The van der Waals surface area contributed by atoms with Gasteiger partial charge in [0.1, 0.15) is 4.60 Å². The topological polar surface area (TPSA) is 17.8 Å². The second-order valence-corrected chi connectivity index (χ2v) is 5.07. The van der Waals surface area contributed by atoms with E-state index in [0.717, 1.165) is 23.1 Å². The zero-order valence-electron chi connectivity index (χ0n) is 9.20. The molecule has 1 aliphatic rings. The molecule has 3 rings (SSSR count). The van der Waals surface area contributed by atoms with Crippen molar-refractivity contribution in [2.45, 2.75) is 26.2 Å². The van der Waals surface area contributed by atoms with Crippen molar-refractivity contribution in [2.75, 3.05) is 0 Å². The van der Waals surface area contributed by atoms with Crippen molar-refractivity contribution >= 4 is 15.9 Å². The molecule has 0 atom stereocenters. The minimum atomic E-state index is 1.12. The summed E-state index contributed by atoms with van der Waals surface area (Å²) in [5, 5.41) is 4.66. The Balaban J connectivity index is 2.10. The second kappa shape index (κ2) is 3.74. The van der Waals surface area contributed by atoms with E-state index in [1.807, 2.05) is 4.68 Å². The maximum absolute atomic E-state index is 4.66. The highest BCUT2D eigenvalue weighted by Gasteiger charge is 2.20. The Morgan fingerprint density at radius 1 is 1.19 bits per heavy atom. The van der Waals surface area contributed by atoms with Crippen LogP contribution in [0.5, 0.6) is 0 Å². The fraction of sp³-hybridized carbons (Fsp3) is 0.308. The summed E-state index contributed by atoms with van der Waals surface area (Å²) in [5.74, 6) is 0. The highest BCUT2D eigenvalue weighted by molar-refractivity contribution is 9.10. The zero-order chi connectivity index (χ0) is 11.1. The molecule has 3 heteroatoms. The lowest BCUT2D eigenvalue weighted by Gasteiger charge is -2.04. The molecule has 1 aromatic carbocycles. The van der Waals surface area contributed by atoms with Crippen LogP contribution in [0.1, 0.15) is 23.2 Å². The number of hydrogen-bond acceptors (Lipinski definition) is 1. The molecular formula is C13H13BrN2. The molecule has 82 valence electrons. The van der Waals surface area contributed by atoms with Crippen LogP contribution in [0.25, 0.3) is 5.69 Å². The number of halogens is 1. The number of hydrogen-bond donors (Lipinski definition) is 0. The molecule has 1 aliphatic carbocycles. The van der Waals surface area contributed by atoms with Gasteiger partial charge >= 0.3 is 0 Å². The summed E-state index contributed by atoms with van der Waals surface area (Å²) in [5.41, 5.74) is 5.06. The van der Waals surface area contributed by atoms with Gasteiger partial charge in [0, 0.05) is 5.56 Å². The van der Waals surface area contributed by atoms with Crippen molar-refractivity contribution in [3.63, 3.8) is 0 Å². The molecule has 1 heterocycles. The van der Waals surface area contributed by atoms with Crippen LogP contribution in [0.3, 0.4) is 0 Å². The van der Waals surface area contributed by atoms with Crippen molar-refractivity contribution in [2.24, 2.45) is 0 Å². The third kappa shape index (κ3) is 1.50. The van der Waals surface area contributed by atoms with Gasteiger partial charge in [-0.15, -0.1) is 0 Å². The van der Waals surface area contributed by atoms with Gasteiger partial charge in [-0.25, -0.2) is 4.68 Å². The van der Waals surface area contributed by atoms with Crippen molar-refractivity contribution < 1.29 is 0 Å². The van der Waals surface area contributed by atoms with Crippen LogP contribution >= 0.6 is 15.9 Å². The molecule has 0 unspecified atom stereocenters. The van der Waals surface area contributed by atoms with E-state index in [0.29, 0.717) is 0 Å². The summed E-state index contributed by atoms with van der Waals surface area (Å²) in [4.78, 5) is 0. The minimum absolute atomic E-state index is 1.12. The first-order valence-electron chi connectivity index (χ1n) is 5.59. The molecule has 0 fully saturated rings. The number of aryl methyl sites for hydroxylation is 2. The van der Waals surface area contributed by atoms with Crippen molar-refractivity contribution in [3.8, 4) is 5.69 Å². The smallest absolute Gasteiger partial charge is 0.113 e. The van der Waals surface area contributed by atoms with Gasteiger partial charge in [-0.05, 0) is 54.2 Å². The third-order valence-electron chi connectivity index (χ3n) is 3.12. The van der Waals surface area contributed by atoms with Crippen molar-refractivity contribution in [1.29, 1.82) is 0 Å². The lowest BCUT2D eigenvalue weighted by molar-refractivity contribution is 0.787. The van der Waals surface area contributed by atoms with Gasteiger partial charge in [0.15, 0.2) is 0 Å². The number of nitrogens with zero attached hydrogens (tertiary/aromatic N) is 2. The molecule has 0 N–H and O–H groups in total. The third-order valence-corrected chi connectivity index (χ3v) is 3.94. The Morgan fingerprint density at radius 2 is 1.94 bits per heavy atom. The molecule has 0 saturated heterocycles. The van der Waals surface area contributed by atoms with Gasteiger partial charge in [0.2, 0.25) is 0 Å². The van der Waals surface area contributed by atoms with Gasteiger partial charge in [-0.2, -0.15) is 5.10 Å². The first kappa shape index (κ1) is 10.1. The predicted octanol–water partition coefficient (Wildman–Crippen LogP) is 3.43. The lowest BCUT2D eigenvalue weighted by atomic mass is 10.2. The van der Waals surface area contributed by atoms with E-state index < -0.39 is 0 Å². The van der Waals surface area contributed by atoms with Gasteiger partial charge in [-0.3, -0.25) is 0 Å². The molecule has 2 nitrogen and oxygen atoms in total. The van der Waals surface area contributed by atoms with E-state index in [-0.39, 0.29) is 0 Å². The molecule has 0 spiro atoms. The minimum Gasteiger partial charge on any atom is -0.226 e. The maximum Gasteiger partial charge on any atom is 0.113 e. The molecule has 1 aromatic heterocycles. The van der Waals surface area contributed by atoms with E-state index in [9.17, 15) is 0 Å². The molecule has 2 aromatic rings. The van der Waals surface area contributed by atoms with Gasteiger partial charge in [0.05, 0.1) is 11.4 Å². The normalized spacial score (nSPS) is 14.1. The van der Waals surface area contributed by atoms with Crippen LogP contribution in [-0.2, 0) is 12.8 Å². The van der Waals surface area contributed by atoms with Crippen LogP contribution < -0.4 is 0 Å². The highest BCUT2D eigenvalue weighted by Crippen LogP contribution is 2.30. The summed E-state index contributed by atoms with van der Waals surface area (Å²) in [6, 6.07) is 8.47. The Hall–Kier alpha value is -1.09. The Morgan fingerprint density at radius 3 is 2.62 bits per heavy atom. The highest BCUT2D eigenvalue weighted by atomic mass is 79.9. The van der Waals surface area contributed by atoms with E-state index in [2.05, 4.69) is 52.2 Å².